The van der Waals surface area contributed by atoms with Crippen LogP contribution in [0, 0.1) is 6.92 Å². The number of hydrogen-bond acceptors (Lipinski definition) is 2. The highest BCUT2D eigenvalue weighted by atomic mass is 35.5. The van der Waals surface area contributed by atoms with Crippen molar-refractivity contribution in [1.82, 2.24) is 5.32 Å². The Hall–Kier alpha value is -1.32. The Bertz CT molecular complexity index is 353. The van der Waals surface area contributed by atoms with Crippen molar-refractivity contribution in [3.8, 4) is 0 Å². The maximum Gasteiger partial charge on any atom is 0.238 e. The molecule has 0 bridgehead atoms. The number of rotatable bonds is 5. The predicted molar refractivity (Wildman–Crippen MR) is 70.1 cm³/mol. The second-order valence-corrected chi connectivity index (χ2v) is 3.28. The Morgan fingerprint density at radius 1 is 1.44 bits per heavy atom. The van der Waals surface area contributed by atoms with Gasteiger partial charge in [-0.1, -0.05) is 24.3 Å². The summed E-state index contributed by atoms with van der Waals surface area (Å²) < 4.78 is 0. The van der Waals surface area contributed by atoms with Gasteiger partial charge in [0, 0.05) is 12.2 Å². The van der Waals surface area contributed by atoms with E-state index < -0.39 is 0 Å². The fraction of sp³-hybridized carbons (Fsp3) is 0.250. The van der Waals surface area contributed by atoms with Crippen LogP contribution < -0.4 is 10.6 Å². The third-order valence-electron chi connectivity index (χ3n) is 1.99. The molecule has 1 aromatic carbocycles. The number of aryl methyl sites for hydroxylation is 1. The Morgan fingerprint density at radius 3 is 2.75 bits per heavy atom. The number of benzene rings is 1. The van der Waals surface area contributed by atoms with Gasteiger partial charge in [0.05, 0.1) is 6.54 Å². The summed E-state index contributed by atoms with van der Waals surface area (Å²) in [6, 6.07) is 7.70. The molecule has 0 heterocycles. The van der Waals surface area contributed by atoms with Gasteiger partial charge in [-0.3, -0.25) is 4.79 Å². The summed E-state index contributed by atoms with van der Waals surface area (Å²) in [7, 11) is 0. The SMILES string of the molecule is C=CCNCC(=O)Nc1ccccc1C.Cl. The first kappa shape index (κ1) is 14.7. The van der Waals surface area contributed by atoms with Crippen molar-refractivity contribution >= 4 is 24.0 Å². The molecule has 0 radical (unpaired) electrons. The summed E-state index contributed by atoms with van der Waals surface area (Å²) in [5.41, 5.74) is 1.93. The van der Waals surface area contributed by atoms with E-state index in [2.05, 4.69) is 17.2 Å². The molecule has 0 atom stereocenters. The van der Waals surface area contributed by atoms with Gasteiger partial charge in [-0.25, -0.2) is 0 Å². The van der Waals surface area contributed by atoms with Gasteiger partial charge < -0.3 is 10.6 Å². The Morgan fingerprint density at radius 2 is 2.12 bits per heavy atom. The standard InChI is InChI=1S/C12H16N2O.ClH/c1-3-8-13-9-12(15)14-11-7-5-4-6-10(11)2;/h3-7,13H,1,8-9H2,2H3,(H,14,15);1H. The van der Waals surface area contributed by atoms with Crippen LogP contribution in [0.5, 0.6) is 0 Å². The minimum Gasteiger partial charge on any atom is -0.325 e. The maximum atomic E-state index is 11.4. The summed E-state index contributed by atoms with van der Waals surface area (Å²) in [5.74, 6) is -0.0360. The highest BCUT2D eigenvalue weighted by Crippen LogP contribution is 2.12. The van der Waals surface area contributed by atoms with Gasteiger partial charge in [-0.15, -0.1) is 19.0 Å². The molecule has 0 aliphatic heterocycles. The van der Waals surface area contributed by atoms with Crippen LogP contribution >= 0.6 is 12.4 Å². The van der Waals surface area contributed by atoms with E-state index in [9.17, 15) is 4.79 Å². The van der Waals surface area contributed by atoms with Crippen LogP contribution in [0.4, 0.5) is 5.69 Å². The molecule has 2 N–H and O–H groups in total. The van der Waals surface area contributed by atoms with Gasteiger partial charge in [0.25, 0.3) is 0 Å². The Labute approximate surface area is 102 Å². The summed E-state index contributed by atoms with van der Waals surface area (Å²) in [5, 5.41) is 5.78. The van der Waals surface area contributed by atoms with Crippen LogP contribution in [0.15, 0.2) is 36.9 Å². The lowest BCUT2D eigenvalue weighted by Gasteiger charge is -2.07. The first-order chi connectivity index (χ1) is 7.24. The van der Waals surface area contributed by atoms with E-state index in [0.29, 0.717) is 13.1 Å². The molecule has 0 saturated carbocycles. The zero-order chi connectivity index (χ0) is 11.1. The molecule has 0 aromatic heterocycles. The molecule has 0 fully saturated rings. The summed E-state index contributed by atoms with van der Waals surface area (Å²) in [6.07, 6.45) is 1.72. The van der Waals surface area contributed by atoms with Crippen molar-refractivity contribution in [3.05, 3.63) is 42.5 Å². The molecule has 4 heteroatoms. The van der Waals surface area contributed by atoms with Gasteiger partial charge in [-0.05, 0) is 18.6 Å². The molecule has 3 nitrogen and oxygen atoms in total. The van der Waals surface area contributed by atoms with Gasteiger partial charge in [0.15, 0.2) is 0 Å². The highest BCUT2D eigenvalue weighted by molar-refractivity contribution is 5.92. The lowest BCUT2D eigenvalue weighted by atomic mass is 10.2. The smallest absolute Gasteiger partial charge is 0.238 e. The number of para-hydroxylation sites is 1. The van der Waals surface area contributed by atoms with E-state index in [-0.39, 0.29) is 18.3 Å². The average Bonchev–Trinajstić information content (AvgIpc) is 2.22. The molecular formula is C12H17ClN2O. The van der Waals surface area contributed by atoms with Crippen LogP contribution in [0.3, 0.4) is 0 Å². The monoisotopic (exact) mass is 240 g/mol. The van der Waals surface area contributed by atoms with Crippen molar-refractivity contribution in [1.29, 1.82) is 0 Å². The van der Waals surface area contributed by atoms with E-state index in [0.717, 1.165) is 11.3 Å². The summed E-state index contributed by atoms with van der Waals surface area (Å²) >= 11 is 0. The number of amides is 1. The summed E-state index contributed by atoms with van der Waals surface area (Å²) in [4.78, 5) is 11.4. The minimum atomic E-state index is -0.0360. The molecular weight excluding hydrogens is 224 g/mol. The second-order valence-electron chi connectivity index (χ2n) is 3.28. The van der Waals surface area contributed by atoms with Gasteiger partial charge >= 0.3 is 0 Å². The topological polar surface area (TPSA) is 41.1 Å². The van der Waals surface area contributed by atoms with Crippen molar-refractivity contribution < 1.29 is 4.79 Å². The number of carbonyl (C=O) groups is 1. The number of nitrogens with one attached hydrogen (secondary N) is 2. The zero-order valence-corrected chi connectivity index (χ0v) is 10.1. The van der Waals surface area contributed by atoms with E-state index >= 15 is 0 Å². The fourth-order valence-electron chi connectivity index (χ4n) is 1.20. The van der Waals surface area contributed by atoms with E-state index in [1.165, 1.54) is 0 Å². The van der Waals surface area contributed by atoms with E-state index in [4.69, 9.17) is 0 Å². The van der Waals surface area contributed by atoms with Crippen LogP contribution in [0.25, 0.3) is 0 Å². The molecule has 0 unspecified atom stereocenters. The molecule has 0 aliphatic rings. The molecule has 0 aliphatic carbocycles. The van der Waals surface area contributed by atoms with E-state index in [1.807, 2.05) is 31.2 Å². The molecule has 0 spiro atoms. The van der Waals surface area contributed by atoms with Crippen LogP contribution in [0.1, 0.15) is 5.56 Å². The number of hydrogen-bond donors (Lipinski definition) is 2. The van der Waals surface area contributed by atoms with Crippen molar-refractivity contribution in [2.75, 3.05) is 18.4 Å². The molecule has 1 amide bonds. The van der Waals surface area contributed by atoms with Crippen molar-refractivity contribution in [3.63, 3.8) is 0 Å². The van der Waals surface area contributed by atoms with Crippen LogP contribution in [-0.2, 0) is 4.79 Å². The number of anilines is 1. The first-order valence-electron chi connectivity index (χ1n) is 4.91. The third-order valence-corrected chi connectivity index (χ3v) is 1.99. The maximum absolute atomic E-state index is 11.4. The Kier molecular flexibility index (Phi) is 7.25. The van der Waals surface area contributed by atoms with Crippen molar-refractivity contribution in [2.45, 2.75) is 6.92 Å². The second kappa shape index (κ2) is 7.91. The van der Waals surface area contributed by atoms with E-state index in [1.54, 1.807) is 6.08 Å². The zero-order valence-electron chi connectivity index (χ0n) is 9.32. The fourth-order valence-corrected chi connectivity index (χ4v) is 1.20. The molecule has 1 aromatic rings. The third kappa shape index (κ3) is 4.96. The molecule has 1 rings (SSSR count). The first-order valence-corrected chi connectivity index (χ1v) is 4.91. The van der Waals surface area contributed by atoms with Crippen molar-refractivity contribution in [2.24, 2.45) is 0 Å². The molecule has 16 heavy (non-hydrogen) atoms. The lowest BCUT2D eigenvalue weighted by Crippen LogP contribution is -2.28. The largest absolute Gasteiger partial charge is 0.325 e. The predicted octanol–water partition coefficient (Wildman–Crippen LogP) is 2.13. The van der Waals surface area contributed by atoms with Crippen LogP contribution in [-0.4, -0.2) is 19.0 Å². The molecule has 88 valence electrons. The van der Waals surface area contributed by atoms with Gasteiger partial charge in [0.2, 0.25) is 5.91 Å². The number of carbonyl (C=O) groups excluding carboxylic acids is 1. The average molecular weight is 241 g/mol. The van der Waals surface area contributed by atoms with Gasteiger partial charge in [0.1, 0.15) is 0 Å². The molecule has 0 saturated heterocycles. The number of halogens is 1. The summed E-state index contributed by atoms with van der Waals surface area (Å²) in [6.45, 7) is 6.47. The highest BCUT2D eigenvalue weighted by Gasteiger charge is 2.02. The Balaban J connectivity index is 0.00000225. The van der Waals surface area contributed by atoms with Gasteiger partial charge in [-0.2, -0.15) is 0 Å². The normalized spacial score (nSPS) is 9.06. The lowest BCUT2D eigenvalue weighted by molar-refractivity contribution is -0.115. The quantitative estimate of drug-likeness (QED) is 0.612. The minimum absolute atomic E-state index is 0. The van der Waals surface area contributed by atoms with Crippen LogP contribution in [0.2, 0.25) is 0 Å².